The van der Waals surface area contributed by atoms with Crippen LogP contribution < -0.4 is 5.32 Å². The van der Waals surface area contributed by atoms with E-state index >= 15 is 0 Å². The summed E-state index contributed by atoms with van der Waals surface area (Å²) >= 11 is 0. The normalized spacial score (nSPS) is 18.1. The van der Waals surface area contributed by atoms with Crippen LogP contribution in [0.15, 0.2) is 29.4 Å². The number of carbonyl (C=O) groups is 1. The zero-order valence-corrected chi connectivity index (χ0v) is 12.9. The van der Waals surface area contributed by atoms with E-state index < -0.39 is 12.1 Å². The summed E-state index contributed by atoms with van der Waals surface area (Å²) in [5.74, 6) is 0.279. The molecule has 0 spiro atoms. The van der Waals surface area contributed by atoms with Gasteiger partial charge in [-0.1, -0.05) is 5.16 Å². The Morgan fingerprint density at radius 3 is 2.35 bits per heavy atom. The van der Waals surface area contributed by atoms with Crippen LogP contribution in [0.25, 0.3) is 0 Å². The Balaban J connectivity index is 1.39. The fourth-order valence-electron chi connectivity index (χ4n) is 2.46. The first-order chi connectivity index (χ1) is 11.1. The number of aromatic carboxylic acids is 1. The van der Waals surface area contributed by atoms with Crippen LogP contribution in [0.1, 0.15) is 36.0 Å². The summed E-state index contributed by atoms with van der Waals surface area (Å²) in [4.78, 5) is 16.1. The Morgan fingerprint density at radius 2 is 1.83 bits per heavy atom. The Labute approximate surface area is 135 Å². The highest BCUT2D eigenvalue weighted by Gasteiger charge is 2.38. The number of aliphatic hydroxyl groups is 1. The zero-order chi connectivity index (χ0) is 16.2. The fourth-order valence-corrected chi connectivity index (χ4v) is 2.46. The maximum Gasteiger partial charge on any atom is 0.335 e. The van der Waals surface area contributed by atoms with E-state index in [4.69, 9.17) is 9.94 Å². The Morgan fingerprint density at radius 1 is 1.22 bits per heavy atom. The number of nitrogens with one attached hydrogen (secondary N) is 1. The predicted octanol–water partition coefficient (Wildman–Crippen LogP) is 2.35. The van der Waals surface area contributed by atoms with Gasteiger partial charge in [-0.05, 0) is 49.9 Å². The third-order valence-corrected chi connectivity index (χ3v) is 4.10. The zero-order valence-electron chi connectivity index (χ0n) is 12.9. The van der Waals surface area contributed by atoms with Crippen LogP contribution in [0.2, 0.25) is 0 Å². The summed E-state index contributed by atoms with van der Waals surface area (Å²) in [6.07, 6.45) is 4.20. The minimum atomic E-state index is -0.954. The molecule has 23 heavy (non-hydrogen) atoms. The van der Waals surface area contributed by atoms with Crippen LogP contribution in [-0.2, 0) is 4.84 Å². The molecule has 1 atom stereocenters. The number of hydrogen-bond acceptors (Lipinski definition) is 5. The number of oxime groups is 1. The lowest BCUT2D eigenvalue weighted by molar-refractivity contribution is 0.0461. The first-order valence-corrected chi connectivity index (χ1v) is 8.08. The molecule has 6 heteroatoms. The van der Waals surface area contributed by atoms with E-state index in [0.29, 0.717) is 18.4 Å². The van der Waals surface area contributed by atoms with Crippen molar-refractivity contribution >= 4 is 17.4 Å². The molecule has 0 aliphatic heterocycles. The molecule has 0 bridgehead atoms. The van der Waals surface area contributed by atoms with Crippen molar-refractivity contribution in [2.75, 3.05) is 18.5 Å². The molecule has 0 amide bonds. The smallest absolute Gasteiger partial charge is 0.335 e. The molecule has 1 unspecified atom stereocenters. The van der Waals surface area contributed by atoms with Crippen LogP contribution in [0.5, 0.6) is 0 Å². The monoisotopic (exact) mass is 318 g/mol. The van der Waals surface area contributed by atoms with Crippen molar-refractivity contribution < 1.29 is 19.8 Å². The minimum absolute atomic E-state index is 0.156. The largest absolute Gasteiger partial charge is 0.478 e. The highest BCUT2D eigenvalue weighted by molar-refractivity contribution is 5.92. The van der Waals surface area contributed by atoms with Crippen LogP contribution in [-0.4, -0.2) is 41.1 Å². The summed E-state index contributed by atoms with van der Waals surface area (Å²) in [6, 6.07) is 6.39. The molecule has 124 valence electrons. The summed E-state index contributed by atoms with van der Waals surface area (Å²) in [5.41, 5.74) is 2.19. The number of carboxylic acid groups (broad SMARTS) is 1. The van der Waals surface area contributed by atoms with Crippen molar-refractivity contribution in [1.29, 1.82) is 0 Å². The van der Waals surface area contributed by atoms with Crippen molar-refractivity contribution in [3.05, 3.63) is 29.8 Å². The first kappa shape index (κ1) is 15.8. The first-order valence-electron chi connectivity index (χ1n) is 8.08. The third kappa shape index (κ3) is 4.69. The molecule has 2 fully saturated rings. The van der Waals surface area contributed by atoms with E-state index in [1.807, 2.05) is 0 Å². The third-order valence-electron chi connectivity index (χ3n) is 4.10. The predicted molar refractivity (Wildman–Crippen MR) is 86.7 cm³/mol. The van der Waals surface area contributed by atoms with Gasteiger partial charge in [-0.2, -0.15) is 0 Å². The number of hydrogen-bond donors (Lipinski definition) is 3. The number of aliphatic hydroxyl groups excluding tert-OH is 1. The number of anilines is 1. The number of rotatable bonds is 9. The average molecular weight is 318 g/mol. The van der Waals surface area contributed by atoms with E-state index in [9.17, 15) is 9.90 Å². The SMILES string of the molecule is O=C(O)c1ccc(NCC(O)CON=C(C2CC2)C2CC2)cc1. The summed E-state index contributed by atoms with van der Waals surface area (Å²) in [5, 5.41) is 26.0. The Kier molecular flexibility index (Phi) is 4.81. The minimum Gasteiger partial charge on any atom is -0.478 e. The molecule has 0 aromatic heterocycles. The summed E-state index contributed by atoms with van der Waals surface area (Å²) in [7, 11) is 0. The quantitative estimate of drug-likeness (QED) is 0.480. The second-order valence-corrected chi connectivity index (χ2v) is 6.28. The second-order valence-electron chi connectivity index (χ2n) is 6.28. The lowest BCUT2D eigenvalue weighted by atomic mass is 10.2. The lowest BCUT2D eigenvalue weighted by Crippen LogP contribution is -2.24. The Bertz CT molecular complexity index is 563. The van der Waals surface area contributed by atoms with Crippen LogP contribution >= 0.6 is 0 Å². The highest BCUT2D eigenvalue weighted by Crippen LogP contribution is 2.42. The molecular weight excluding hydrogens is 296 g/mol. The van der Waals surface area contributed by atoms with Crippen molar-refractivity contribution in [3.63, 3.8) is 0 Å². The lowest BCUT2D eigenvalue weighted by Gasteiger charge is -2.12. The van der Waals surface area contributed by atoms with Gasteiger partial charge < -0.3 is 20.4 Å². The van der Waals surface area contributed by atoms with Crippen molar-refractivity contribution in [3.8, 4) is 0 Å². The van der Waals surface area contributed by atoms with Gasteiger partial charge in [-0.15, -0.1) is 0 Å². The molecule has 2 aliphatic rings. The van der Waals surface area contributed by atoms with E-state index in [1.165, 1.54) is 43.5 Å². The van der Waals surface area contributed by atoms with E-state index in [2.05, 4.69) is 10.5 Å². The number of benzene rings is 1. The van der Waals surface area contributed by atoms with Crippen LogP contribution in [0.4, 0.5) is 5.69 Å². The van der Waals surface area contributed by atoms with E-state index in [0.717, 1.165) is 5.69 Å². The average Bonchev–Trinajstić information content (AvgIpc) is 3.43. The standard InChI is InChI=1S/C17H22N2O4/c20-15(9-18-14-7-5-13(6-8-14)17(21)22)10-23-19-16(11-1-2-11)12-3-4-12/h5-8,11-12,15,18,20H,1-4,9-10H2,(H,21,22). The Hall–Kier alpha value is -2.08. The van der Waals surface area contributed by atoms with Crippen molar-refractivity contribution in [2.24, 2.45) is 17.0 Å². The summed E-state index contributed by atoms with van der Waals surface area (Å²) in [6.45, 7) is 0.479. The van der Waals surface area contributed by atoms with Gasteiger partial charge in [0, 0.05) is 24.1 Å². The highest BCUT2D eigenvalue weighted by atomic mass is 16.6. The van der Waals surface area contributed by atoms with Crippen LogP contribution in [0, 0.1) is 11.8 Å². The van der Waals surface area contributed by atoms with Crippen molar-refractivity contribution in [2.45, 2.75) is 31.8 Å². The molecule has 0 saturated heterocycles. The molecule has 1 aromatic carbocycles. The van der Waals surface area contributed by atoms with Gasteiger partial charge in [0.25, 0.3) is 0 Å². The van der Waals surface area contributed by atoms with E-state index in [-0.39, 0.29) is 12.2 Å². The summed E-state index contributed by atoms with van der Waals surface area (Å²) < 4.78 is 0. The maximum absolute atomic E-state index is 10.8. The van der Waals surface area contributed by atoms with Gasteiger partial charge in [-0.3, -0.25) is 0 Å². The molecule has 3 rings (SSSR count). The molecular formula is C17H22N2O4. The fraction of sp³-hybridized carbons (Fsp3) is 0.529. The molecule has 0 heterocycles. The molecule has 1 aromatic rings. The second kappa shape index (κ2) is 7.00. The van der Waals surface area contributed by atoms with Gasteiger partial charge in [0.2, 0.25) is 0 Å². The number of nitrogens with zero attached hydrogens (tertiary/aromatic N) is 1. The molecule has 0 radical (unpaired) electrons. The van der Waals surface area contributed by atoms with Gasteiger partial charge in [0.15, 0.2) is 0 Å². The van der Waals surface area contributed by atoms with Gasteiger partial charge in [0.05, 0.1) is 11.3 Å². The molecule has 2 saturated carbocycles. The topological polar surface area (TPSA) is 91.2 Å². The van der Waals surface area contributed by atoms with Gasteiger partial charge in [-0.25, -0.2) is 4.79 Å². The maximum atomic E-state index is 10.8. The molecule has 3 N–H and O–H groups in total. The molecule has 6 nitrogen and oxygen atoms in total. The van der Waals surface area contributed by atoms with Gasteiger partial charge in [0.1, 0.15) is 12.7 Å². The van der Waals surface area contributed by atoms with E-state index in [1.54, 1.807) is 12.1 Å². The molecule has 2 aliphatic carbocycles. The van der Waals surface area contributed by atoms with Crippen molar-refractivity contribution in [1.82, 2.24) is 0 Å². The number of carboxylic acids is 1. The van der Waals surface area contributed by atoms with Gasteiger partial charge >= 0.3 is 5.97 Å². The van der Waals surface area contributed by atoms with Crippen LogP contribution in [0.3, 0.4) is 0 Å².